The van der Waals surface area contributed by atoms with E-state index in [4.69, 9.17) is 9.47 Å². The Hall–Kier alpha value is -1.75. The van der Waals surface area contributed by atoms with E-state index in [1.165, 1.54) is 0 Å². The molecule has 1 atom stereocenters. The number of hydrogen-bond acceptors (Lipinski definition) is 4. The molecule has 0 aliphatic carbocycles. The largest absolute Gasteiger partial charge is 0.497 e. The normalized spacial score (nSPS) is 11.8. The molecule has 19 heavy (non-hydrogen) atoms. The second-order valence-electron chi connectivity index (χ2n) is 4.17. The summed E-state index contributed by atoms with van der Waals surface area (Å²) in [5, 5.41) is 5.94. The molecule has 1 unspecified atom stereocenters. The fourth-order valence-corrected chi connectivity index (χ4v) is 1.70. The minimum atomic E-state index is -0.254. The van der Waals surface area contributed by atoms with E-state index in [9.17, 15) is 4.79 Å². The summed E-state index contributed by atoms with van der Waals surface area (Å²) in [6, 6.07) is 5.34. The first-order valence-electron chi connectivity index (χ1n) is 6.34. The van der Waals surface area contributed by atoms with E-state index in [1.54, 1.807) is 14.2 Å². The Balaban J connectivity index is 2.68. The molecule has 2 N–H and O–H groups in total. The van der Waals surface area contributed by atoms with Crippen LogP contribution in [-0.2, 0) is 11.3 Å². The summed E-state index contributed by atoms with van der Waals surface area (Å²) in [5.74, 6) is 1.53. The van der Waals surface area contributed by atoms with E-state index in [0.717, 1.165) is 17.1 Å². The highest BCUT2D eigenvalue weighted by molar-refractivity contribution is 5.81. The highest BCUT2D eigenvalue weighted by atomic mass is 16.5. The van der Waals surface area contributed by atoms with Crippen molar-refractivity contribution in [1.29, 1.82) is 0 Å². The lowest BCUT2D eigenvalue weighted by molar-refractivity contribution is -0.122. The lowest BCUT2D eigenvalue weighted by atomic mass is 10.1. The minimum Gasteiger partial charge on any atom is -0.497 e. The van der Waals surface area contributed by atoms with Crippen molar-refractivity contribution in [2.75, 3.05) is 20.8 Å². The van der Waals surface area contributed by atoms with Gasteiger partial charge in [-0.15, -0.1) is 0 Å². The molecule has 0 aliphatic rings. The fraction of sp³-hybridized carbons (Fsp3) is 0.500. The number of hydrogen-bond donors (Lipinski definition) is 2. The van der Waals surface area contributed by atoms with E-state index < -0.39 is 0 Å². The smallest absolute Gasteiger partial charge is 0.236 e. The Kier molecular flexibility index (Phi) is 6.15. The average molecular weight is 266 g/mol. The van der Waals surface area contributed by atoms with Crippen molar-refractivity contribution < 1.29 is 14.3 Å². The summed E-state index contributed by atoms with van der Waals surface area (Å²) in [6.45, 7) is 4.90. The summed E-state index contributed by atoms with van der Waals surface area (Å²) in [6.07, 6.45) is 0. The lowest BCUT2D eigenvalue weighted by Gasteiger charge is -2.15. The first-order valence-corrected chi connectivity index (χ1v) is 6.34. The maximum Gasteiger partial charge on any atom is 0.236 e. The summed E-state index contributed by atoms with van der Waals surface area (Å²) < 4.78 is 10.5. The van der Waals surface area contributed by atoms with Crippen LogP contribution in [0.1, 0.15) is 19.4 Å². The number of ether oxygens (including phenoxy) is 2. The first kappa shape index (κ1) is 15.3. The number of carbonyl (C=O) groups is 1. The van der Waals surface area contributed by atoms with Crippen molar-refractivity contribution in [2.24, 2.45) is 0 Å². The predicted molar refractivity (Wildman–Crippen MR) is 74.5 cm³/mol. The summed E-state index contributed by atoms with van der Waals surface area (Å²) in [7, 11) is 3.24. The molecule has 106 valence electrons. The molecule has 1 aromatic rings. The zero-order valence-corrected chi connectivity index (χ0v) is 11.9. The number of likely N-dealkylation sites (N-methyl/N-ethyl adjacent to an activating group) is 1. The van der Waals surface area contributed by atoms with Crippen molar-refractivity contribution in [3.05, 3.63) is 23.8 Å². The van der Waals surface area contributed by atoms with E-state index in [-0.39, 0.29) is 11.9 Å². The van der Waals surface area contributed by atoms with Gasteiger partial charge in [0.15, 0.2) is 0 Å². The van der Waals surface area contributed by atoms with Crippen LogP contribution < -0.4 is 20.1 Å². The number of amides is 1. The molecular formula is C14H22N2O3. The van der Waals surface area contributed by atoms with Gasteiger partial charge in [0.05, 0.1) is 20.3 Å². The fourth-order valence-electron chi connectivity index (χ4n) is 1.70. The van der Waals surface area contributed by atoms with Gasteiger partial charge in [0.25, 0.3) is 0 Å². The molecule has 0 radical (unpaired) electrons. The van der Waals surface area contributed by atoms with Crippen LogP contribution in [0.4, 0.5) is 0 Å². The molecule has 0 saturated carbocycles. The van der Waals surface area contributed by atoms with Crippen molar-refractivity contribution in [1.82, 2.24) is 10.6 Å². The topological polar surface area (TPSA) is 59.6 Å². The van der Waals surface area contributed by atoms with Gasteiger partial charge >= 0.3 is 0 Å². The zero-order valence-electron chi connectivity index (χ0n) is 11.9. The van der Waals surface area contributed by atoms with Crippen LogP contribution in [0.2, 0.25) is 0 Å². The maximum atomic E-state index is 11.6. The van der Waals surface area contributed by atoms with Crippen LogP contribution in [0.5, 0.6) is 11.5 Å². The third kappa shape index (κ3) is 4.44. The van der Waals surface area contributed by atoms with Crippen LogP contribution in [-0.4, -0.2) is 32.7 Å². The van der Waals surface area contributed by atoms with E-state index in [0.29, 0.717) is 13.1 Å². The van der Waals surface area contributed by atoms with Gasteiger partial charge in [0.2, 0.25) is 5.91 Å². The predicted octanol–water partition coefficient (Wildman–Crippen LogP) is 1.32. The van der Waals surface area contributed by atoms with E-state index in [2.05, 4.69) is 10.6 Å². The Bertz CT molecular complexity index is 421. The number of rotatable bonds is 7. The van der Waals surface area contributed by atoms with Gasteiger partial charge in [-0.05, 0) is 32.0 Å². The quantitative estimate of drug-likeness (QED) is 0.781. The third-order valence-corrected chi connectivity index (χ3v) is 2.83. The van der Waals surface area contributed by atoms with Gasteiger partial charge in [-0.25, -0.2) is 0 Å². The SMILES string of the molecule is CCNC(=O)C(C)NCc1cc(OC)ccc1OC. The second kappa shape index (κ2) is 7.63. The van der Waals surface area contributed by atoms with Gasteiger partial charge in [-0.3, -0.25) is 4.79 Å². The third-order valence-electron chi connectivity index (χ3n) is 2.83. The molecule has 1 rings (SSSR count). The minimum absolute atomic E-state index is 0.00985. The van der Waals surface area contributed by atoms with Gasteiger partial charge < -0.3 is 20.1 Å². The molecule has 5 nitrogen and oxygen atoms in total. The summed E-state index contributed by atoms with van der Waals surface area (Å²) >= 11 is 0. The Morgan fingerprint density at radius 1 is 1.32 bits per heavy atom. The molecule has 0 spiro atoms. The molecule has 1 amide bonds. The summed E-state index contributed by atoms with van der Waals surface area (Å²) in [5.41, 5.74) is 0.956. The van der Waals surface area contributed by atoms with Crippen LogP contribution in [0.15, 0.2) is 18.2 Å². The molecule has 5 heteroatoms. The zero-order chi connectivity index (χ0) is 14.3. The van der Waals surface area contributed by atoms with Crippen LogP contribution in [0.25, 0.3) is 0 Å². The highest BCUT2D eigenvalue weighted by Crippen LogP contribution is 2.23. The van der Waals surface area contributed by atoms with Gasteiger partial charge in [-0.2, -0.15) is 0 Å². The maximum absolute atomic E-state index is 11.6. The van der Waals surface area contributed by atoms with Crippen LogP contribution >= 0.6 is 0 Å². The molecular weight excluding hydrogens is 244 g/mol. The van der Waals surface area contributed by atoms with Gasteiger partial charge in [0.1, 0.15) is 11.5 Å². The van der Waals surface area contributed by atoms with Crippen molar-refractivity contribution in [3.8, 4) is 11.5 Å². The molecule has 0 fully saturated rings. The molecule has 1 aromatic carbocycles. The lowest BCUT2D eigenvalue weighted by Crippen LogP contribution is -2.41. The molecule has 0 bridgehead atoms. The van der Waals surface area contributed by atoms with Crippen LogP contribution in [0.3, 0.4) is 0 Å². The van der Waals surface area contributed by atoms with Gasteiger partial charge in [-0.1, -0.05) is 0 Å². The highest BCUT2D eigenvalue weighted by Gasteiger charge is 2.12. The average Bonchev–Trinajstić information content (AvgIpc) is 2.44. The summed E-state index contributed by atoms with van der Waals surface area (Å²) in [4.78, 5) is 11.6. The van der Waals surface area contributed by atoms with Crippen molar-refractivity contribution in [3.63, 3.8) is 0 Å². The number of carbonyl (C=O) groups excluding carboxylic acids is 1. The van der Waals surface area contributed by atoms with Crippen LogP contribution in [0, 0.1) is 0 Å². The Morgan fingerprint density at radius 3 is 2.63 bits per heavy atom. The van der Waals surface area contributed by atoms with Crippen molar-refractivity contribution in [2.45, 2.75) is 26.4 Å². The van der Waals surface area contributed by atoms with Crippen molar-refractivity contribution >= 4 is 5.91 Å². The second-order valence-corrected chi connectivity index (χ2v) is 4.17. The van der Waals surface area contributed by atoms with E-state index >= 15 is 0 Å². The Morgan fingerprint density at radius 2 is 2.05 bits per heavy atom. The molecule has 0 aliphatic heterocycles. The monoisotopic (exact) mass is 266 g/mol. The van der Waals surface area contributed by atoms with Gasteiger partial charge in [0, 0.05) is 18.7 Å². The van der Waals surface area contributed by atoms with E-state index in [1.807, 2.05) is 32.0 Å². The number of nitrogens with one attached hydrogen (secondary N) is 2. The standard InChI is InChI=1S/C14H22N2O3/c1-5-15-14(17)10(2)16-9-11-8-12(18-3)6-7-13(11)19-4/h6-8,10,16H,5,9H2,1-4H3,(H,15,17). The molecule has 0 heterocycles. The molecule has 0 aromatic heterocycles. The number of methoxy groups -OCH3 is 2. The molecule has 0 saturated heterocycles. The first-order chi connectivity index (χ1) is 9.12. The number of benzene rings is 1. The Labute approximate surface area is 114 Å².